The van der Waals surface area contributed by atoms with Crippen LogP contribution in [0.15, 0.2) is 12.1 Å². The zero-order valence-corrected chi connectivity index (χ0v) is 13.0. The van der Waals surface area contributed by atoms with Gasteiger partial charge in [0.1, 0.15) is 0 Å². The van der Waals surface area contributed by atoms with Crippen LogP contribution in [0, 0.1) is 0 Å². The highest BCUT2D eigenvalue weighted by Crippen LogP contribution is 2.35. The largest absolute Gasteiger partial charge is 0.399 e. The summed E-state index contributed by atoms with van der Waals surface area (Å²) in [6.07, 6.45) is 3.25. The number of hydrogen-bond donors (Lipinski definition) is 1. The minimum absolute atomic E-state index is 0.191. The molecule has 2 rings (SSSR count). The van der Waals surface area contributed by atoms with Crippen LogP contribution in [0.5, 0.6) is 0 Å². The molecular formula is C13H17Cl2N5. The maximum absolute atomic E-state index is 6.24. The number of hydrogen-bond acceptors (Lipinski definition) is 4. The maximum Gasteiger partial charge on any atom is 0.183 e. The van der Waals surface area contributed by atoms with Gasteiger partial charge in [-0.25, -0.2) is 4.68 Å². The Balaban J connectivity index is 2.42. The second-order valence-electron chi connectivity index (χ2n) is 4.80. The number of anilines is 1. The third-order valence-corrected chi connectivity index (χ3v) is 3.98. The van der Waals surface area contributed by atoms with Crippen molar-refractivity contribution in [1.29, 1.82) is 0 Å². The second kappa shape index (κ2) is 6.41. The number of rotatable bonds is 5. The van der Waals surface area contributed by atoms with E-state index in [0.717, 1.165) is 19.3 Å². The lowest BCUT2D eigenvalue weighted by Crippen LogP contribution is -2.09. The van der Waals surface area contributed by atoms with Crippen molar-refractivity contribution in [3.05, 3.63) is 22.2 Å². The van der Waals surface area contributed by atoms with Crippen molar-refractivity contribution < 1.29 is 0 Å². The number of nitrogens with two attached hydrogens (primary N) is 1. The fraction of sp³-hybridized carbons (Fsp3) is 0.462. The smallest absolute Gasteiger partial charge is 0.183 e. The molecule has 0 aliphatic rings. The molecule has 0 fully saturated rings. The first kappa shape index (κ1) is 15.1. The van der Waals surface area contributed by atoms with Crippen LogP contribution in [-0.2, 0) is 0 Å². The zero-order chi connectivity index (χ0) is 14.7. The lowest BCUT2D eigenvalue weighted by Gasteiger charge is -2.14. The van der Waals surface area contributed by atoms with Gasteiger partial charge in [-0.3, -0.25) is 0 Å². The molecule has 7 heteroatoms. The Morgan fingerprint density at radius 1 is 1.35 bits per heavy atom. The molecule has 0 radical (unpaired) electrons. The quantitative estimate of drug-likeness (QED) is 0.847. The average molecular weight is 314 g/mol. The highest BCUT2D eigenvalue weighted by molar-refractivity contribution is 6.43. The van der Waals surface area contributed by atoms with Crippen LogP contribution < -0.4 is 5.73 Å². The highest BCUT2D eigenvalue weighted by atomic mass is 35.5. The van der Waals surface area contributed by atoms with Gasteiger partial charge in [-0.05, 0) is 35.9 Å². The van der Waals surface area contributed by atoms with Crippen molar-refractivity contribution >= 4 is 28.9 Å². The molecule has 0 aliphatic heterocycles. The van der Waals surface area contributed by atoms with Gasteiger partial charge in [-0.15, -0.1) is 5.10 Å². The molecule has 5 nitrogen and oxygen atoms in total. The van der Waals surface area contributed by atoms with Crippen molar-refractivity contribution in [2.45, 2.75) is 39.2 Å². The number of unbranched alkanes of at least 4 members (excludes halogenated alkanes) is 1. The van der Waals surface area contributed by atoms with Gasteiger partial charge in [0.25, 0.3) is 0 Å². The van der Waals surface area contributed by atoms with Crippen LogP contribution in [0.3, 0.4) is 0 Å². The van der Waals surface area contributed by atoms with E-state index in [4.69, 9.17) is 28.9 Å². The number of nitrogens with zero attached hydrogens (tertiary/aromatic N) is 4. The Morgan fingerprint density at radius 3 is 2.80 bits per heavy atom. The summed E-state index contributed by atoms with van der Waals surface area (Å²) in [5, 5.41) is 12.7. The number of tetrazole rings is 1. The molecule has 2 N–H and O–H groups in total. The molecule has 1 heterocycles. The first-order valence-electron chi connectivity index (χ1n) is 6.57. The highest BCUT2D eigenvalue weighted by Gasteiger charge is 2.18. The van der Waals surface area contributed by atoms with Crippen molar-refractivity contribution in [2.75, 3.05) is 5.73 Å². The number of halogens is 2. The van der Waals surface area contributed by atoms with Crippen LogP contribution in [0.1, 0.15) is 39.2 Å². The van der Waals surface area contributed by atoms with Gasteiger partial charge in [0, 0.05) is 11.3 Å². The molecule has 1 aromatic carbocycles. The monoisotopic (exact) mass is 313 g/mol. The maximum atomic E-state index is 6.24. The van der Waals surface area contributed by atoms with Crippen molar-refractivity contribution in [2.24, 2.45) is 0 Å². The summed E-state index contributed by atoms with van der Waals surface area (Å²) < 4.78 is 1.77. The minimum atomic E-state index is 0.191. The van der Waals surface area contributed by atoms with E-state index in [0.29, 0.717) is 27.1 Å². The number of benzene rings is 1. The first-order chi connectivity index (χ1) is 9.54. The van der Waals surface area contributed by atoms with Crippen LogP contribution in [0.25, 0.3) is 11.4 Å². The summed E-state index contributed by atoms with van der Waals surface area (Å²) in [5.74, 6) is 0.591. The zero-order valence-electron chi connectivity index (χ0n) is 11.5. The molecule has 108 valence electrons. The molecule has 1 aromatic heterocycles. The third-order valence-electron chi connectivity index (χ3n) is 3.18. The summed E-state index contributed by atoms with van der Waals surface area (Å²) in [5.41, 5.74) is 7.01. The lowest BCUT2D eigenvalue weighted by molar-refractivity contribution is 0.437. The van der Waals surface area contributed by atoms with E-state index in [2.05, 4.69) is 29.4 Å². The topological polar surface area (TPSA) is 69.6 Å². The van der Waals surface area contributed by atoms with Crippen molar-refractivity contribution in [1.82, 2.24) is 20.2 Å². The summed E-state index contributed by atoms with van der Waals surface area (Å²) in [4.78, 5) is 0. The molecule has 0 amide bonds. The number of nitrogen functional groups attached to an aromatic ring is 1. The predicted molar refractivity (Wildman–Crippen MR) is 81.9 cm³/mol. The fourth-order valence-corrected chi connectivity index (χ4v) is 2.48. The van der Waals surface area contributed by atoms with Crippen LogP contribution in [0.2, 0.25) is 10.0 Å². The van der Waals surface area contributed by atoms with Gasteiger partial charge in [0.2, 0.25) is 0 Å². The van der Waals surface area contributed by atoms with Gasteiger partial charge in [0.15, 0.2) is 5.82 Å². The van der Waals surface area contributed by atoms with E-state index in [9.17, 15) is 0 Å². The molecule has 0 bridgehead atoms. The Labute approximate surface area is 128 Å². The second-order valence-corrected chi connectivity index (χ2v) is 5.59. The normalized spacial score (nSPS) is 12.6. The van der Waals surface area contributed by atoms with E-state index < -0.39 is 0 Å². The molecule has 1 unspecified atom stereocenters. The molecule has 0 saturated heterocycles. The lowest BCUT2D eigenvalue weighted by atomic mass is 10.1. The molecular weight excluding hydrogens is 297 g/mol. The van der Waals surface area contributed by atoms with Crippen molar-refractivity contribution in [3.8, 4) is 11.4 Å². The summed E-state index contributed by atoms with van der Waals surface area (Å²) in [6, 6.07) is 3.54. The standard InChI is InChI=1S/C13H17Cl2N5/c1-3-4-5-8(2)20-13(17-18-19-20)10-6-9(16)7-11(14)12(10)15/h6-8H,3-5,16H2,1-2H3. The molecule has 0 aliphatic carbocycles. The van der Waals surface area contributed by atoms with E-state index >= 15 is 0 Å². The van der Waals surface area contributed by atoms with E-state index in [1.54, 1.807) is 16.8 Å². The van der Waals surface area contributed by atoms with E-state index in [1.807, 2.05) is 0 Å². The van der Waals surface area contributed by atoms with Gasteiger partial charge >= 0.3 is 0 Å². The van der Waals surface area contributed by atoms with Gasteiger partial charge in [-0.2, -0.15) is 0 Å². The molecule has 20 heavy (non-hydrogen) atoms. The Bertz CT molecular complexity index is 596. The van der Waals surface area contributed by atoms with Gasteiger partial charge in [0.05, 0.1) is 16.1 Å². The van der Waals surface area contributed by atoms with Crippen LogP contribution in [0.4, 0.5) is 5.69 Å². The Hall–Kier alpha value is -1.33. The predicted octanol–water partition coefficient (Wildman–Crippen LogP) is 3.98. The summed E-state index contributed by atoms with van der Waals surface area (Å²) in [6.45, 7) is 4.24. The van der Waals surface area contributed by atoms with Gasteiger partial charge < -0.3 is 5.73 Å². The molecule has 0 spiro atoms. The Kier molecular flexibility index (Phi) is 4.83. The average Bonchev–Trinajstić information content (AvgIpc) is 2.89. The minimum Gasteiger partial charge on any atom is -0.399 e. The summed E-state index contributed by atoms with van der Waals surface area (Å²) in [7, 11) is 0. The first-order valence-corrected chi connectivity index (χ1v) is 7.33. The fourth-order valence-electron chi connectivity index (χ4n) is 2.06. The SMILES string of the molecule is CCCCC(C)n1nnnc1-c1cc(N)cc(Cl)c1Cl. The van der Waals surface area contributed by atoms with Crippen molar-refractivity contribution in [3.63, 3.8) is 0 Å². The van der Waals surface area contributed by atoms with E-state index in [1.165, 1.54) is 0 Å². The summed E-state index contributed by atoms with van der Waals surface area (Å²) >= 11 is 12.3. The van der Waals surface area contributed by atoms with Crippen LogP contribution >= 0.6 is 23.2 Å². The third kappa shape index (κ3) is 3.04. The van der Waals surface area contributed by atoms with Gasteiger partial charge in [-0.1, -0.05) is 43.0 Å². The van der Waals surface area contributed by atoms with Crippen LogP contribution in [-0.4, -0.2) is 20.2 Å². The van der Waals surface area contributed by atoms with E-state index in [-0.39, 0.29) is 6.04 Å². The molecule has 0 saturated carbocycles. The molecule has 2 aromatic rings. The molecule has 1 atom stereocenters. The Morgan fingerprint density at radius 2 is 2.10 bits per heavy atom. The number of aromatic nitrogens is 4.